The maximum atomic E-state index is 3.65. The highest BCUT2D eigenvalue weighted by Crippen LogP contribution is 2.34. The molecule has 1 atom stereocenters. The zero-order valence-corrected chi connectivity index (χ0v) is 13.4. The van der Waals surface area contributed by atoms with Gasteiger partial charge in [-0.2, -0.15) is 0 Å². The number of likely N-dealkylation sites (N-methyl/N-ethyl adjacent to an activating group) is 1. The van der Waals surface area contributed by atoms with E-state index in [0.29, 0.717) is 6.04 Å². The molecule has 18 heavy (non-hydrogen) atoms. The Balaban J connectivity index is 2.17. The lowest BCUT2D eigenvalue weighted by Crippen LogP contribution is -2.22. The van der Waals surface area contributed by atoms with Crippen molar-refractivity contribution >= 4 is 27.3 Å². The summed E-state index contributed by atoms with van der Waals surface area (Å²) < 4.78 is 1.23. The lowest BCUT2D eigenvalue weighted by atomic mass is 9.94. The molecule has 1 heterocycles. The summed E-state index contributed by atoms with van der Waals surface area (Å²) >= 11 is 5.43. The normalized spacial score (nSPS) is 21.8. The van der Waals surface area contributed by atoms with E-state index in [0.717, 1.165) is 6.54 Å². The zero-order valence-electron chi connectivity index (χ0n) is 11.0. The molecule has 2 rings (SSSR count). The number of thiophene rings is 1. The van der Waals surface area contributed by atoms with Crippen LogP contribution in [0, 0.1) is 0 Å². The Kier molecular flexibility index (Phi) is 5.93. The van der Waals surface area contributed by atoms with Gasteiger partial charge in [-0.05, 0) is 60.3 Å². The minimum absolute atomic E-state index is 0.435. The first-order chi connectivity index (χ1) is 8.81. The highest BCUT2D eigenvalue weighted by molar-refractivity contribution is 9.11. The first-order valence-corrected chi connectivity index (χ1v) is 8.59. The predicted octanol–water partition coefficient (Wildman–Crippen LogP) is 5.44. The van der Waals surface area contributed by atoms with Gasteiger partial charge in [-0.15, -0.1) is 11.3 Å². The van der Waals surface area contributed by atoms with Gasteiger partial charge in [-0.3, -0.25) is 0 Å². The van der Waals surface area contributed by atoms with Crippen LogP contribution in [0.3, 0.4) is 0 Å². The molecule has 0 saturated heterocycles. The molecule has 0 radical (unpaired) electrons. The van der Waals surface area contributed by atoms with E-state index in [1.807, 2.05) is 11.3 Å². The molecule has 0 fully saturated rings. The monoisotopic (exact) mass is 327 g/mol. The summed E-state index contributed by atoms with van der Waals surface area (Å²) in [6, 6.07) is 4.85. The number of hydrogen-bond donors (Lipinski definition) is 1. The Morgan fingerprint density at radius 2 is 2.11 bits per heavy atom. The van der Waals surface area contributed by atoms with E-state index in [9.17, 15) is 0 Å². The third-order valence-electron chi connectivity index (χ3n) is 3.48. The first-order valence-electron chi connectivity index (χ1n) is 6.99. The van der Waals surface area contributed by atoms with Gasteiger partial charge in [0.15, 0.2) is 0 Å². The summed E-state index contributed by atoms with van der Waals surface area (Å²) in [6.07, 6.45) is 10.5. The number of nitrogens with one attached hydrogen (secondary N) is 1. The van der Waals surface area contributed by atoms with Gasteiger partial charge in [0.2, 0.25) is 0 Å². The van der Waals surface area contributed by atoms with Crippen LogP contribution in [-0.2, 0) is 0 Å². The molecule has 0 amide bonds. The Morgan fingerprint density at radius 1 is 1.28 bits per heavy atom. The molecule has 1 N–H and O–H groups in total. The van der Waals surface area contributed by atoms with Crippen molar-refractivity contribution in [3.8, 4) is 0 Å². The number of hydrogen-bond acceptors (Lipinski definition) is 2. The van der Waals surface area contributed by atoms with Crippen LogP contribution in [0.4, 0.5) is 0 Å². The molecule has 0 aliphatic heterocycles. The summed E-state index contributed by atoms with van der Waals surface area (Å²) in [6.45, 7) is 3.22. The lowest BCUT2D eigenvalue weighted by molar-refractivity contribution is 0.558. The Hall–Kier alpha value is -0.120. The number of allylic oxidation sites excluding steroid dienone is 1. The molecule has 0 saturated carbocycles. The fourth-order valence-corrected chi connectivity index (χ4v) is 4.12. The molecule has 1 aliphatic carbocycles. The largest absolute Gasteiger partial charge is 0.306 e. The van der Waals surface area contributed by atoms with E-state index in [-0.39, 0.29) is 0 Å². The van der Waals surface area contributed by atoms with E-state index in [4.69, 9.17) is 0 Å². The third kappa shape index (κ3) is 3.94. The van der Waals surface area contributed by atoms with Gasteiger partial charge < -0.3 is 5.32 Å². The van der Waals surface area contributed by atoms with Crippen LogP contribution in [0.25, 0.3) is 0 Å². The molecule has 1 nitrogen and oxygen atoms in total. The third-order valence-corrected chi connectivity index (χ3v) is 5.17. The molecule has 1 unspecified atom stereocenters. The van der Waals surface area contributed by atoms with Crippen molar-refractivity contribution in [2.24, 2.45) is 0 Å². The fourth-order valence-electron chi connectivity index (χ4n) is 2.58. The van der Waals surface area contributed by atoms with Crippen LogP contribution in [0.15, 0.2) is 27.6 Å². The second-order valence-electron chi connectivity index (χ2n) is 4.86. The van der Waals surface area contributed by atoms with Crippen LogP contribution in [0.5, 0.6) is 0 Å². The quantitative estimate of drug-likeness (QED) is 0.726. The number of rotatable bonds is 4. The minimum atomic E-state index is 0.435. The molecule has 0 aromatic carbocycles. The van der Waals surface area contributed by atoms with Gasteiger partial charge in [-0.1, -0.05) is 31.4 Å². The highest BCUT2D eigenvalue weighted by atomic mass is 79.9. The average Bonchev–Trinajstić information content (AvgIpc) is 2.73. The molecular weight excluding hydrogens is 306 g/mol. The van der Waals surface area contributed by atoms with Crippen LogP contribution in [0.1, 0.15) is 56.4 Å². The van der Waals surface area contributed by atoms with Gasteiger partial charge in [-0.25, -0.2) is 0 Å². The van der Waals surface area contributed by atoms with Crippen molar-refractivity contribution in [3.05, 3.63) is 32.4 Å². The van der Waals surface area contributed by atoms with E-state index in [1.54, 1.807) is 5.57 Å². The Morgan fingerprint density at radius 3 is 2.83 bits per heavy atom. The topological polar surface area (TPSA) is 12.0 Å². The minimum Gasteiger partial charge on any atom is -0.306 e. The molecule has 0 spiro atoms. The summed E-state index contributed by atoms with van der Waals surface area (Å²) in [5.41, 5.74) is 1.60. The predicted molar refractivity (Wildman–Crippen MR) is 84.2 cm³/mol. The van der Waals surface area contributed by atoms with Crippen molar-refractivity contribution in [2.75, 3.05) is 6.54 Å². The van der Waals surface area contributed by atoms with Crippen molar-refractivity contribution in [1.82, 2.24) is 5.32 Å². The maximum Gasteiger partial charge on any atom is 0.0702 e. The Bertz CT molecular complexity index is 397. The molecule has 0 bridgehead atoms. The standard InChI is InChI=1S/C15H22BrNS/c1-2-17-15(13-10-11-14(16)18-13)12-8-6-4-3-5-7-9-12/h8,10-11,15,17H,2-7,9H2,1H3/b12-8+. The van der Waals surface area contributed by atoms with Gasteiger partial charge >= 0.3 is 0 Å². The average molecular weight is 328 g/mol. The summed E-state index contributed by atoms with van der Waals surface area (Å²) in [7, 11) is 0. The van der Waals surface area contributed by atoms with Crippen molar-refractivity contribution < 1.29 is 0 Å². The van der Waals surface area contributed by atoms with Crippen LogP contribution >= 0.6 is 27.3 Å². The summed E-state index contributed by atoms with van der Waals surface area (Å²) in [5.74, 6) is 0. The molecule has 1 aliphatic rings. The summed E-state index contributed by atoms with van der Waals surface area (Å²) in [4.78, 5) is 1.44. The SMILES string of the molecule is CCNC(/C1=C/CCCCCC1)c1ccc(Br)s1. The van der Waals surface area contributed by atoms with Crippen LogP contribution in [-0.4, -0.2) is 6.54 Å². The molecule has 100 valence electrons. The molecule has 1 aromatic heterocycles. The highest BCUT2D eigenvalue weighted by Gasteiger charge is 2.17. The van der Waals surface area contributed by atoms with Crippen LogP contribution < -0.4 is 5.32 Å². The second kappa shape index (κ2) is 7.46. The van der Waals surface area contributed by atoms with Crippen LogP contribution in [0.2, 0.25) is 0 Å². The van der Waals surface area contributed by atoms with Gasteiger partial charge in [0.25, 0.3) is 0 Å². The fraction of sp³-hybridized carbons (Fsp3) is 0.600. The van der Waals surface area contributed by atoms with Crippen molar-refractivity contribution in [3.63, 3.8) is 0 Å². The van der Waals surface area contributed by atoms with E-state index < -0.39 is 0 Å². The molecule has 3 heteroatoms. The van der Waals surface area contributed by atoms with E-state index in [1.165, 1.54) is 47.2 Å². The lowest BCUT2D eigenvalue weighted by Gasteiger charge is -2.22. The molecular formula is C15H22BrNS. The molecule has 1 aromatic rings. The van der Waals surface area contributed by atoms with Gasteiger partial charge in [0.1, 0.15) is 0 Å². The number of halogens is 1. The Labute approximate surface area is 123 Å². The zero-order chi connectivity index (χ0) is 12.8. The van der Waals surface area contributed by atoms with Gasteiger partial charge in [0, 0.05) is 4.88 Å². The maximum absolute atomic E-state index is 3.65. The van der Waals surface area contributed by atoms with E-state index >= 15 is 0 Å². The summed E-state index contributed by atoms with van der Waals surface area (Å²) in [5, 5.41) is 3.65. The second-order valence-corrected chi connectivity index (χ2v) is 7.36. The van der Waals surface area contributed by atoms with Crippen molar-refractivity contribution in [2.45, 2.75) is 51.5 Å². The van der Waals surface area contributed by atoms with E-state index in [2.05, 4.69) is 46.4 Å². The smallest absolute Gasteiger partial charge is 0.0702 e. The van der Waals surface area contributed by atoms with Gasteiger partial charge in [0.05, 0.1) is 9.83 Å². The van der Waals surface area contributed by atoms with Crippen molar-refractivity contribution in [1.29, 1.82) is 0 Å². The first kappa shape index (κ1) is 14.3.